The Morgan fingerprint density at radius 1 is 1.33 bits per heavy atom. The average Bonchev–Trinajstić information content (AvgIpc) is 2.87. The van der Waals surface area contributed by atoms with E-state index in [0.29, 0.717) is 18.1 Å². The van der Waals surface area contributed by atoms with E-state index >= 15 is 0 Å². The minimum absolute atomic E-state index is 0.134. The van der Waals surface area contributed by atoms with E-state index in [1.165, 1.54) is 0 Å². The van der Waals surface area contributed by atoms with Crippen LogP contribution < -0.4 is 10.6 Å². The summed E-state index contributed by atoms with van der Waals surface area (Å²) in [4.78, 5) is 20.7. The molecule has 0 unspecified atom stereocenters. The van der Waals surface area contributed by atoms with Gasteiger partial charge in [-0.15, -0.1) is 0 Å². The van der Waals surface area contributed by atoms with E-state index in [0.717, 1.165) is 25.7 Å². The van der Waals surface area contributed by atoms with Crippen molar-refractivity contribution in [1.29, 1.82) is 0 Å². The molecule has 2 rings (SSSR count). The van der Waals surface area contributed by atoms with Crippen molar-refractivity contribution in [3.8, 4) is 0 Å². The summed E-state index contributed by atoms with van der Waals surface area (Å²) in [7, 11) is 1.67. The van der Waals surface area contributed by atoms with Crippen molar-refractivity contribution < 1.29 is 9.53 Å². The number of hydrogen-bond acceptors (Lipinski definition) is 5. The van der Waals surface area contributed by atoms with Crippen LogP contribution in [-0.4, -0.2) is 41.2 Å². The van der Waals surface area contributed by atoms with Crippen molar-refractivity contribution in [2.75, 3.05) is 19.0 Å². The molecule has 0 radical (unpaired) electrons. The number of amides is 1. The summed E-state index contributed by atoms with van der Waals surface area (Å²) in [5.74, 6) is 0.402. The van der Waals surface area contributed by atoms with Crippen LogP contribution in [0.2, 0.25) is 0 Å². The highest BCUT2D eigenvalue weighted by Crippen LogP contribution is 2.30. The molecule has 6 heteroatoms. The number of ether oxygens (including phenoxy) is 1. The summed E-state index contributed by atoms with van der Waals surface area (Å²) >= 11 is 0. The van der Waals surface area contributed by atoms with Crippen molar-refractivity contribution in [2.24, 2.45) is 0 Å². The number of methoxy groups -OCH3 is 1. The van der Waals surface area contributed by atoms with Gasteiger partial charge in [0.2, 0.25) is 5.95 Å². The fourth-order valence-electron chi connectivity index (χ4n) is 2.72. The number of nitrogens with one attached hydrogen (secondary N) is 2. The first kappa shape index (κ1) is 15.7. The second-order valence-corrected chi connectivity index (χ2v) is 5.97. The van der Waals surface area contributed by atoms with Gasteiger partial charge in [0, 0.05) is 25.5 Å². The Morgan fingerprint density at radius 2 is 1.95 bits per heavy atom. The fraction of sp³-hybridized carbons (Fsp3) is 0.667. The van der Waals surface area contributed by atoms with E-state index < -0.39 is 0 Å². The molecule has 1 aromatic rings. The first-order valence-electron chi connectivity index (χ1n) is 7.45. The van der Waals surface area contributed by atoms with Crippen LogP contribution in [0.4, 0.5) is 5.95 Å². The lowest BCUT2D eigenvalue weighted by atomic mass is 9.98. The van der Waals surface area contributed by atoms with Crippen LogP contribution in [0.5, 0.6) is 0 Å². The Balaban J connectivity index is 2.02. The Kier molecular flexibility index (Phi) is 5.12. The van der Waals surface area contributed by atoms with Gasteiger partial charge in [-0.1, -0.05) is 12.8 Å². The highest BCUT2D eigenvalue weighted by Gasteiger charge is 2.35. The molecule has 1 fully saturated rings. The number of carbonyl (C=O) groups excluding carboxylic acids is 1. The second kappa shape index (κ2) is 6.85. The van der Waals surface area contributed by atoms with Gasteiger partial charge in [-0.25, -0.2) is 9.97 Å². The molecular formula is C15H24N4O2. The van der Waals surface area contributed by atoms with Crippen molar-refractivity contribution in [3.05, 3.63) is 18.0 Å². The molecule has 0 bridgehead atoms. The first-order valence-corrected chi connectivity index (χ1v) is 7.45. The molecule has 1 amide bonds. The summed E-state index contributed by atoms with van der Waals surface area (Å²) in [6.07, 6.45) is 7.28. The van der Waals surface area contributed by atoms with Gasteiger partial charge in [-0.3, -0.25) is 4.79 Å². The van der Waals surface area contributed by atoms with E-state index in [-0.39, 0.29) is 17.5 Å². The van der Waals surface area contributed by atoms with Crippen molar-refractivity contribution >= 4 is 11.9 Å². The van der Waals surface area contributed by atoms with Gasteiger partial charge in [-0.2, -0.15) is 0 Å². The molecule has 2 N–H and O–H groups in total. The minimum Gasteiger partial charge on any atom is -0.382 e. The quantitative estimate of drug-likeness (QED) is 0.838. The first-order chi connectivity index (χ1) is 10.0. The van der Waals surface area contributed by atoms with Gasteiger partial charge in [0.15, 0.2) is 0 Å². The summed E-state index contributed by atoms with van der Waals surface area (Å²) in [5.41, 5.74) is 0.243. The van der Waals surface area contributed by atoms with Gasteiger partial charge in [0.1, 0.15) is 0 Å². The fourth-order valence-corrected chi connectivity index (χ4v) is 2.72. The summed E-state index contributed by atoms with van der Waals surface area (Å²) in [6.45, 7) is 4.57. The molecule has 116 valence electrons. The molecule has 0 aliphatic heterocycles. The SMILES string of the molecule is COCC1(NC(=O)c2cnc(NC(C)C)nc2)CCCC1. The predicted molar refractivity (Wildman–Crippen MR) is 81.3 cm³/mol. The largest absolute Gasteiger partial charge is 0.382 e. The summed E-state index contributed by atoms with van der Waals surface area (Å²) in [5, 5.41) is 6.20. The number of carbonyl (C=O) groups is 1. The zero-order valence-corrected chi connectivity index (χ0v) is 13.0. The minimum atomic E-state index is -0.235. The van der Waals surface area contributed by atoms with Crippen LogP contribution >= 0.6 is 0 Å². The number of hydrogen-bond donors (Lipinski definition) is 2. The van der Waals surface area contributed by atoms with E-state index in [9.17, 15) is 4.79 Å². The van der Waals surface area contributed by atoms with Crippen LogP contribution in [-0.2, 0) is 4.74 Å². The van der Waals surface area contributed by atoms with Crippen LogP contribution in [0, 0.1) is 0 Å². The van der Waals surface area contributed by atoms with Crippen molar-refractivity contribution in [2.45, 2.75) is 51.1 Å². The van der Waals surface area contributed by atoms with Crippen LogP contribution in [0.15, 0.2) is 12.4 Å². The van der Waals surface area contributed by atoms with Crippen molar-refractivity contribution in [1.82, 2.24) is 15.3 Å². The number of nitrogens with zero attached hydrogens (tertiary/aromatic N) is 2. The van der Waals surface area contributed by atoms with Crippen molar-refractivity contribution in [3.63, 3.8) is 0 Å². The molecule has 0 aromatic carbocycles. The normalized spacial score (nSPS) is 17.0. The molecule has 21 heavy (non-hydrogen) atoms. The maximum atomic E-state index is 12.3. The Labute approximate surface area is 125 Å². The molecule has 1 saturated carbocycles. The number of rotatable bonds is 6. The third kappa shape index (κ3) is 4.14. The average molecular weight is 292 g/mol. The lowest BCUT2D eigenvalue weighted by Gasteiger charge is -2.29. The molecule has 6 nitrogen and oxygen atoms in total. The van der Waals surface area contributed by atoms with Gasteiger partial charge in [0.05, 0.1) is 17.7 Å². The van der Waals surface area contributed by atoms with Gasteiger partial charge in [0.25, 0.3) is 5.91 Å². The molecule has 1 aliphatic carbocycles. The van der Waals surface area contributed by atoms with E-state index in [4.69, 9.17) is 4.74 Å². The maximum absolute atomic E-state index is 12.3. The van der Waals surface area contributed by atoms with Crippen LogP contribution in [0.25, 0.3) is 0 Å². The van der Waals surface area contributed by atoms with Gasteiger partial charge >= 0.3 is 0 Å². The monoisotopic (exact) mass is 292 g/mol. The Bertz CT molecular complexity index is 467. The zero-order chi connectivity index (χ0) is 15.3. The molecule has 0 atom stereocenters. The standard InChI is InChI=1S/C15H24N4O2/c1-11(2)18-14-16-8-12(9-17-14)13(20)19-15(10-21-3)6-4-5-7-15/h8-9,11H,4-7,10H2,1-3H3,(H,19,20)(H,16,17,18). The third-order valence-electron chi connectivity index (χ3n) is 3.69. The zero-order valence-electron chi connectivity index (χ0n) is 13.0. The molecule has 1 heterocycles. The topological polar surface area (TPSA) is 76.1 Å². The summed E-state index contributed by atoms with van der Waals surface area (Å²) in [6, 6.07) is 0.258. The van der Waals surface area contributed by atoms with Crippen LogP contribution in [0.1, 0.15) is 49.9 Å². The molecular weight excluding hydrogens is 268 g/mol. The van der Waals surface area contributed by atoms with E-state index in [2.05, 4.69) is 20.6 Å². The highest BCUT2D eigenvalue weighted by atomic mass is 16.5. The van der Waals surface area contributed by atoms with E-state index in [1.54, 1.807) is 19.5 Å². The maximum Gasteiger partial charge on any atom is 0.254 e. The smallest absolute Gasteiger partial charge is 0.254 e. The lowest BCUT2D eigenvalue weighted by molar-refractivity contribution is 0.0766. The molecule has 0 saturated heterocycles. The van der Waals surface area contributed by atoms with Crippen LogP contribution in [0.3, 0.4) is 0 Å². The highest BCUT2D eigenvalue weighted by molar-refractivity contribution is 5.94. The third-order valence-corrected chi connectivity index (χ3v) is 3.69. The molecule has 1 aliphatic rings. The Hall–Kier alpha value is -1.69. The number of aromatic nitrogens is 2. The van der Waals surface area contributed by atoms with Gasteiger partial charge < -0.3 is 15.4 Å². The predicted octanol–water partition coefficient (Wildman–Crippen LogP) is 1.99. The van der Waals surface area contributed by atoms with E-state index in [1.807, 2.05) is 13.8 Å². The molecule has 1 aromatic heterocycles. The molecule has 0 spiro atoms. The number of anilines is 1. The summed E-state index contributed by atoms with van der Waals surface area (Å²) < 4.78 is 5.27. The van der Waals surface area contributed by atoms with Gasteiger partial charge in [-0.05, 0) is 26.7 Å². The lowest BCUT2D eigenvalue weighted by Crippen LogP contribution is -2.49. The second-order valence-electron chi connectivity index (χ2n) is 5.97. The Morgan fingerprint density at radius 3 is 2.48 bits per heavy atom.